The van der Waals surface area contributed by atoms with Crippen LogP contribution in [0.4, 0.5) is 0 Å². The fraction of sp³-hybridized carbons (Fsp3) is 0.105. The van der Waals surface area contributed by atoms with E-state index in [4.69, 9.17) is 23.2 Å². The molecule has 2 aliphatic carbocycles. The summed E-state index contributed by atoms with van der Waals surface area (Å²) in [4.78, 5) is 0. The number of fused-ring (bicyclic) bond motifs is 3. The van der Waals surface area contributed by atoms with Gasteiger partial charge in [0.2, 0.25) is 0 Å². The van der Waals surface area contributed by atoms with E-state index in [9.17, 15) is 0 Å². The van der Waals surface area contributed by atoms with E-state index in [0.29, 0.717) is 5.92 Å². The van der Waals surface area contributed by atoms with Crippen LogP contribution in [-0.2, 0) is 25.7 Å². The van der Waals surface area contributed by atoms with Gasteiger partial charge in [-0.2, -0.15) is 0 Å². The molecule has 4 aromatic carbocycles. The molecule has 0 amide bonds. The molecule has 2 aliphatic rings. The van der Waals surface area contributed by atoms with Crippen molar-refractivity contribution in [3.63, 3.8) is 0 Å². The molecule has 0 aromatic heterocycles. The normalized spacial score (nSPS) is 14.4. The quantitative estimate of drug-likeness (QED) is 0.164. The summed E-state index contributed by atoms with van der Waals surface area (Å²) >= 11 is 8.87. The Morgan fingerprint density at radius 2 is 1.26 bits per heavy atom. The van der Waals surface area contributed by atoms with Gasteiger partial charge in [-0.25, -0.2) is 0 Å². The molecule has 1 atom stereocenters. The van der Waals surface area contributed by atoms with Gasteiger partial charge < -0.3 is 0 Å². The Labute approximate surface area is 281 Å². The predicted molar refractivity (Wildman–Crippen MR) is 193 cm³/mol. The molecule has 6 rings (SSSR count). The van der Waals surface area contributed by atoms with E-state index in [1.165, 1.54) is 42.2 Å². The number of benzene rings is 4. The van der Waals surface area contributed by atoms with Crippen molar-refractivity contribution in [2.75, 3.05) is 0 Å². The summed E-state index contributed by atoms with van der Waals surface area (Å²) < 4.78 is 8.27. The third kappa shape index (κ3) is 6.54. The summed E-state index contributed by atoms with van der Waals surface area (Å²) in [5.74, 6) is 0.345. The summed E-state index contributed by atoms with van der Waals surface area (Å²) in [5.41, 5.74) is 11.5. The molecule has 4 aromatic rings. The van der Waals surface area contributed by atoms with Crippen molar-refractivity contribution in [3.05, 3.63) is 156 Å². The minimum Gasteiger partial charge on any atom is -0.147 e. The first-order chi connectivity index (χ1) is 19.8. The van der Waals surface area contributed by atoms with Crippen molar-refractivity contribution in [1.82, 2.24) is 0 Å². The Morgan fingerprint density at radius 3 is 1.77 bits per heavy atom. The van der Waals surface area contributed by atoms with Gasteiger partial charge in [0.1, 0.15) is 0 Å². The van der Waals surface area contributed by atoms with E-state index >= 15 is 0 Å². The molecule has 0 N–H and O–H groups in total. The minimum atomic E-state index is -3.83. The van der Waals surface area contributed by atoms with Crippen molar-refractivity contribution in [3.8, 4) is 11.1 Å². The average Bonchev–Trinajstić information content (AvgIpc) is 3.52. The zero-order valence-corrected chi connectivity index (χ0v) is 29.8. The fourth-order valence-corrected chi connectivity index (χ4v) is 18.8. The van der Waals surface area contributed by atoms with Gasteiger partial charge in [-0.05, 0) is 0 Å². The molecule has 0 saturated carbocycles. The van der Waals surface area contributed by atoms with Crippen LogP contribution in [0.1, 0.15) is 47.2 Å². The second kappa shape index (κ2) is 13.7. The van der Waals surface area contributed by atoms with Gasteiger partial charge in [0, 0.05) is 0 Å². The summed E-state index contributed by atoms with van der Waals surface area (Å²) in [5, 5.41) is 1.50. The van der Waals surface area contributed by atoms with Crippen molar-refractivity contribution in [2.45, 2.75) is 20.3 Å². The largest absolute Gasteiger partial charge is 0.147 e. The van der Waals surface area contributed by atoms with Gasteiger partial charge in [-0.3, -0.25) is 0 Å². The molecule has 0 heterocycles. The molecular weight excluding hydrogens is 689 g/mol. The summed E-state index contributed by atoms with van der Waals surface area (Å²) in [6.45, 7) is 12.8. The summed E-state index contributed by atoms with van der Waals surface area (Å²) in [6.07, 6.45) is 9.72. The van der Waals surface area contributed by atoms with E-state index < -0.39 is 19.3 Å². The summed E-state index contributed by atoms with van der Waals surface area (Å²) in [7, 11) is 0. The van der Waals surface area contributed by atoms with E-state index in [-0.39, 0.29) is 24.8 Å². The Bertz CT molecular complexity index is 1840. The smallest absolute Gasteiger partial charge is 0.147 e. The molecular formula is C38H34Cl4Zr. The molecule has 0 spiro atoms. The number of allylic oxidation sites excluding steroid dienone is 4. The van der Waals surface area contributed by atoms with Crippen molar-refractivity contribution < 1.29 is 19.3 Å². The Hall–Kier alpha value is -2.38. The van der Waals surface area contributed by atoms with Crippen molar-refractivity contribution >= 4 is 70.9 Å². The summed E-state index contributed by atoms with van der Waals surface area (Å²) in [6, 6.07) is 28.1. The van der Waals surface area contributed by atoms with Crippen LogP contribution in [0.25, 0.3) is 23.3 Å². The van der Waals surface area contributed by atoms with Gasteiger partial charge in [-0.1, -0.05) is 0 Å². The van der Waals surface area contributed by atoms with Gasteiger partial charge in [0.25, 0.3) is 0 Å². The SMILES string of the molecule is C=Cc1ccc2c(c1)-c1cc(C=C)c[c]([Zr](=[CH]c3ccc(Cl)cc3)(=[CH]c3ccc(Cl)cc3)[C]3=CC(C)=CC3C)c1C2.Cl.Cl. The van der Waals surface area contributed by atoms with Crippen LogP contribution >= 0.6 is 48.0 Å². The zero-order chi connectivity index (χ0) is 28.7. The first-order valence-electron chi connectivity index (χ1n) is 14.0. The van der Waals surface area contributed by atoms with Crippen molar-refractivity contribution in [1.29, 1.82) is 0 Å². The van der Waals surface area contributed by atoms with Crippen LogP contribution < -0.4 is 3.27 Å². The van der Waals surface area contributed by atoms with Crippen molar-refractivity contribution in [2.24, 2.45) is 5.92 Å². The van der Waals surface area contributed by atoms with Crippen LogP contribution in [0, 0.1) is 5.92 Å². The monoisotopic (exact) mass is 720 g/mol. The predicted octanol–water partition coefficient (Wildman–Crippen LogP) is 10.7. The molecule has 0 radical (unpaired) electrons. The second-order valence-electron chi connectivity index (χ2n) is 11.2. The third-order valence-corrected chi connectivity index (χ3v) is 19.9. The molecule has 5 heteroatoms. The molecule has 0 bridgehead atoms. The number of halogens is 4. The first-order valence-corrected chi connectivity index (χ1v) is 20.0. The number of rotatable bonds is 6. The maximum Gasteiger partial charge on any atom is -0.147 e. The number of hydrogen-bond acceptors (Lipinski definition) is 0. The van der Waals surface area contributed by atoms with Crippen LogP contribution in [0.2, 0.25) is 10.0 Å². The van der Waals surface area contributed by atoms with Gasteiger partial charge in [0.05, 0.1) is 0 Å². The first kappa shape index (κ1) is 33.5. The van der Waals surface area contributed by atoms with Crippen LogP contribution in [0.3, 0.4) is 0 Å². The maximum absolute atomic E-state index is 6.35. The fourth-order valence-electron chi connectivity index (χ4n) is 6.50. The Morgan fingerprint density at radius 1 is 0.721 bits per heavy atom. The molecule has 0 aliphatic heterocycles. The third-order valence-electron chi connectivity index (χ3n) is 8.37. The molecule has 0 saturated heterocycles. The van der Waals surface area contributed by atoms with Crippen LogP contribution in [0.15, 0.2) is 113 Å². The second-order valence-corrected chi connectivity index (χ2v) is 20.5. The Kier molecular flexibility index (Phi) is 10.7. The standard InChI is InChI=1S/C17H13.2C7H5Cl.C7H9.2ClH.Zr/c1-3-12-5-7-14-11-15-8-6-13(4-2)10-17(15)16(14)9-12;2*1-6-2-4-7(8)5-3-6;1-6-3-4-7(2)5-6;;;/h3-7,9-10H,1-2,11H2;2*1-5H;3,5,7H,1-2H3;2*1H;. The van der Waals surface area contributed by atoms with E-state index in [0.717, 1.165) is 27.6 Å². The Balaban J connectivity index is 0.00000212. The molecule has 0 fully saturated rings. The molecule has 0 nitrogen and oxygen atoms in total. The average molecular weight is 724 g/mol. The van der Waals surface area contributed by atoms with Crippen LogP contribution in [-0.4, -0.2) is 7.42 Å². The van der Waals surface area contributed by atoms with E-state index in [1.54, 1.807) is 3.28 Å². The topological polar surface area (TPSA) is 0 Å². The van der Waals surface area contributed by atoms with Gasteiger partial charge in [0.15, 0.2) is 0 Å². The number of hydrogen-bond donors (Lipinski definition) is 0. The van der Waals surface area contributed by atoms with E-state index in [2.05, 4.69) is 101 Å². The molecule has 43 heavy (non-hydrogen) atoms. The van der Waals surface area contributed by atoms with Gasteiger partial charge in [-0.15, -0.1) is 24.8 Å². The molecule has 1 unspecified atom stereocenters. The molecule has 218 valence electrons. The minimum absolute atomic E-state index is 0. The van der Waals surface area contributed by atoms with Crippen LogP contribution in [0.5, 0.6) is 0 Å². The maximum atomic E-state index is 6.35. The van der Waals surface area contributed by atoms with E-state index in [1.807, 2.05) is 36.4 Å². The zero-order valence-electron chi connectivity index (χ0n) is 24.2. The van der Waals surface area contributed by atoms with Gasteiger partial charge >= 0.3 is 259 Å².